The fraction of sp³-hybridized carbons (Fsp3) is 0.222. The molecule has 0 aliphatic heterocycles. The fourth-order valence-electron chi connectivity index (χ4n) is 3.83. The third-order valence-electron chi connectivity index (χ3n) is 5.94. The predicted octanol–water partition coefficient (Wildman–Crippen LogP) is 5.74. The zero-order valence-corrected chi connectivity index (χ0v) is 20.3. The first-order chi connectivity index (χ1) is 15.8. The van der Waals surface area contributed by atoms with Crippen LogP contribution in [-0.2, 0) is 4.79 Å². The summed E-state index contributed by atoms with van der Waals surface area (Å²) in [4.78, 5) is 31.4. The van der Waals surface area contributed by atoms with Crippen LogP contribution in [0.3, 0.4) is 0 Å². The molecule has 1 amide bonds. The van der Waals surface area contributed by atoms with Crippen molar-refractivity contribution in [3.63, 3.8) is 0 Å². The summed E-state index contributed by atoms with van der Waals surface area (Å²) >= 11 is 1.29. The average molecular weight is 458 g/mol. The minimum atomic E-state index is -0.464. The van der Waals surface area contributed by atoms with Crippen LogP contribution in [0.4, 0.5) is 5.69 Å². The van der Waals surface area contributed by atoms with Gasteiger partial charge in [0.25, 0.3) is 5.56 Å². The summed E-state index contributed by atoms with van der Waals surface area (Å²) in [7, 11) is 0. The maximum absolute atomic E-state index is 13.6. The molecule has 6 heteroatoms. The summed E-state index contributed by atoms with van der Waals surface area (Å²) in [6.07, 6.45) is 0. The standard InChI is InChI=1S/C27H27N3O2S/c1-16-10-9-15-23(19(16)4)30-26(32)21-13-6-7-14-22(21)28-27(30)33-20(5)25(31)29-24-17(2)11-8-12-18(24)3/h6-15,20H,1-5H3,(H,29,31). The normalized spacial score (nSPS) is 12.0. The molecule has 1 aromatic heterocycles. The van der Waals surface area contributed by atoms with Crippen LogP contribution in [0.2, 0.25) is 0 Å². The highest BCUT2D eigenvalue weighted by Crippen LogP contribution is 2.28. The number of carbonyl (C=O) groups is 1. The van der Waals surface area contributed by atoms with E-state index < -0.39 is 5.25 Å². The van der Waals surface area contributed by atoms with E-state index >= 15 is 0 Å². The van der Waals surface area contributed by atoms with Crippen LogP contribution in [0.25, 0.3) is 16.6 Å². The van der Waals surface area contributed by atoms with Crippen LogP contribution in [-0.4, -0.2) is 20.7 Å². The molecule has 0 fully saturated rings. The molecule has 0 saturated heterocycles. The SMILES string of the molecule is Cc1cccc(-n2c(SC(C)C(=O)Nc3c(C)cccc3C)nc3ccccc3c2=O)c1C. The zero-order chi connectivity index (χ0) is 23.7. The van der Waals surface area contributed by atoms with Gasteiger partial charge in [0, 0.05) is 5.69 Å². The van der Waals surface area contributed by atoms with Crippen molar-refractivity contribution in [1.82, 2.24) is 9.55 Å². The number of carbonyl (C=O) groups excluding carboxylic acids is 1. The minimum Gasteiger partial charge on any atom is -0.325 e. The number of nitrogens with one attached hydrogen (secondary N) is 1. The van der Waals surface area contributed by atoms with E-state index in [2.05, 4.69) is 5.32 Å². The maximum Gasteiger partial charge on any atom is 0.266 e. The van der Waals surface area contributed by atoms with Crippen LogP contribution in [0.1, 0.15) is 29.2 Å². The number of fused-ring (bicyclic) bond motifs is 1. The molecule has 3 aromatic carbocycles. The molecule has 33 heavy (non-hydrogen) atoms. The molecule has 0 spiro atoms. The molecule has 1 unspecified atom stereocenters. The van der Waals surface area contributed by atoms with Crippen LogP contribution in [0, 0.1) is 27.7 Å². The topological polar surface area (TPSA) is 64.0 Å². The first-order valence-electron chi connectivity index (χ1n) is 10.9. The summed E-state index contributed by atoms with van der Waals surface area (Å²) in [5, 5.41) is 3.64. The highest BCUT2D eigenvalue weighted by Gasteiger charge is 2.22. The number of nitrogens with zero attached hydrogens (tertiary/aromatic N) is 2. The van der Waals surface area contributed by atoms with Gasteiger partial charge >= 0.3 is 0 Å². The Balaban J connectivity index is 1.77. The molecule has 0 saturated carbocycles. The fourth-order valence-corrected chi connectivity index (χ4v) is 4.75. The number of hydrogen-bond acceptors (Lipinski definition) is 4. The lowest BCUT2D eigenvalue weighted by atomic mass is 10.1. The molecule has 4 rings (SSSR count). The number of rotatable bonds is 5. The quantitative estimate of drug-likeness (QED) is 0.307. The zero-order valence-electron chi connectivity index (χ0n) is 19.5. The Morgan fingerprint density at radius 1 is 0.909 bits per heavy atom. The Bertz CT molecular complexity index is 1400. The molecule has 0 radical (unpaired) electrons. The van der Waals surface area contributed by atoms with Crippen molar-refractivity contribution in [3.05, 3.63) is 93.3 Å². The lowest BCUT2D eigenvalue weighted by Gasteiger charge is -2.19. The number of aromatic nitrogens is 2. The average Bonchev–Trinajstić information content (AvgIpc) is 2.79. The van der Waals surface area contributed by atoms with Crippen molar-refractivity contribution in [2.24, 2.45) is 0 Å². The van der Waals surface area contributed by atoms with Gasteiger partial charge in [0.15, 0.2) is 5.16 Å². The molecule has 0 bridgehead atoms. The third kappa shape index (κ3) is 4.44. The molecule has 0 aliphatic rings. The molecule has 1 atom stereocenters. The number of para-hydroxylation sites is 2. The van der Waals surface area contributed by atoms with E-state index in [0.717, 1.165) is 33.6 Å². The van der Waals surface area contributed by atoms with E-state index in [1.807, 2.05) is 89.2 Å². The number of benzene rings is 3. The van der Waals surface area contributed by atoms with Gasteiger partial charge in [-0.15, -0.1) is 0 Å². The highest BCUT2D eigenvalue weighted by atomic mass is 32.2. The minimum absolute atomic E-state index is 0.132. The summed E-state index contributed by atoms with van der Waals surface area (Å²) in [6.45, 7) is 9.80. The van der Waals surface area contributed by atoms with Gasteiger partial charge in [-0.05, 0) is 75.1 Å². The van der Waals surface area contributed by atoms with Crippen LogP contribution in [0.5, 0.6) is 0 Å². The molecular weight excluding hydrogens is 430 g/mol. The molecule has 1 N–H and O–H groups in total. The first kappa shape index (κ1) is 22.8. The van der Waals surface area contributed by atoms with E-state index in [1.165, 1.54) is 11.8 Å². The molecule has 0 aliphatic carbocycles. The molecule has 5 nitrogen and oxygen atoms in total. The Morgan fingerprint density at radius 2 is 1.55 bits per heavy atom. The monoisotopic (exact) mass is 457 g/mol. The van der Waals surface area contributed by atoms with Gasteiger partial charge in [-0.2, -0.15) is 0 Å². The summed E-state index contributed by atoms with van der Waals surface area (Å²) < 4.78 is 1.64. The van der Waals surface area contributed by atoms with E-state index in [9.17, 15) is 9.59 Å². The second-order valence-electron chi connectivity index (χ2n) is 8.29. The lowest BCUT2D eigenvalue weighted by molar-refractivity contribution is -0.115. The lowest BCUT2D eigenvalue weighted by Crippen LogP contribution is -2.27. The largest absolute Gasteiger partial charge is 0.325 e. The Morgan fingerprint density at radius 3 is 2.27 bits per heavy atom. The summed E-state index contributed by atoms with van der Waals surface area (Å²) in [5.74, 6) is -0.132. The maximum atomic E-state index is 13.6. The molecule has 1 heterocycles. The number of thioether (sulfide) groups is 1. The Kier molecular flexibility index (Phi) is 6.38. The molecule has 168 valence electrons. The van der Waals surface area contributed by atoms with Gasteiger partial charge in [-0.3, -0.25) is 14.2 Å². The number of hydrogen-bond donors (Lipinski definition) is 1. The summed E-state index contributed by atoms with van der Waals surface area (Å²) in [6, 6.07) is 19.1. The molecular formula is C27H27N3O2S. The highest BCUT2D eigenvalue weighted by molar-refractivity contribution is 8.00. The van der Waals surface area contributed by atoms with Crippen molar-refractivity contribution in [2.75, 3.05) is 5.32 Å². The van der Waals surface area contributed by atoms with Crippen molar-refractivity contribution in [2.45, 2.75) is 45.0 Å². The van der Waals surface area contributed by atoms with E-state index in [0.29, 0.717) is 16.1 Å². The summed E-state index contributed by atoms with van der Waals surface area (Å²) in [5.41, 5.74) is 6.20. The number of anilines is 1. The number of aryl methyl sites for hydroxylation is 3. The van der Waals surface area contributed by atoms with Gasteiger partial charge in [0.2, 0.25) is 5.91 Å². The van der Waals surface area contributed by atoms with Crippen molar-refractivity contribution in [3.8, 4) is 5.69 Å². The van der Waals surface area contributed by atoms with Gasteiger partial charge in [0.1, 0.15) is 0 Å². The van der Waals surface area contributed by atoms with Gasteiger partial charge in [0.05, 0.1) is 21.8 Å². The van der Waals surface area contributed by atoms with E-state index in [4.69, 9.17) is 4.98 Å². The van der Waals surface area contributed by atoms with Crippen molar-refractivity contribution < 1.29 is 4.79 Å². The van der Waals surface area contributed by atoms with Crippen molar-refractivity contribution in [1.29, 1.82) is 0 Å². The Hall–Kier alpha value is -3.38. The van der Waals surface area contributed by atoms with E-state index in [1.54, 1.807) is 10.6 Å². The Labute approximate surface area is 197 Å². The predicted molar refractivity (Wildman–Crippen MR) is 137 cm³/mol. The van der Waals surface area contributed by atoms with E-state index in [-0.39, 0.29) is 11.5 Å². The van der Waals surface area contributed by atoms with Crippen LogP contribution < -0.4 is 10.9 Å². The molecule has 4 aromatic rings. The van der Waals surface area contributed by atoms with Crippen LogP contribution in [0.15, 0.2) is 70.6 Å². The van der Waals surface area contributed by atoms with Crippen molar-refractivity contribution >= 4 is 34.3 Å². The first-order valence-corrected chi connectivity index (χ1v) is 11.8. The van der Waals surface area contributed by atoms with Gasteiger partial charge in [-0.1, -0.05) is 54.2 Å². The second kappa shape index (κ2) is 9.24. The van der Waals surface area contributed by atoms with Crippen LogP contribution >= 0.6 is 11.8 Å². The van der Waals surface area contributed by atoms with Gasteiger partial charge in [-0.25, -0.2) is 4.98 Å². The smallest absolute Gasteiger partial charge is 0.266 e. The van der Waals surface area contributed by atoms with Gasteiger partial charge < -0.3 is 5.32 Å². The second-order valence-corrected chi connectivity index (χ2v) is 9.60. The third-order valence-corrected chi connectivity index (χ3v) is 6.99. The number of amides is 1.